The van der Waals surface area contributed by atoms with Crippen LogP contribution in [0, 0.1) is 5.92 Å². The molecule has 1 saturated heterocycles. The predicted octanol–water partition coefficient (Wildman–Crippen LogP) is 2.45. The van der Waals surface area contributed by atoms with Crippen LogP contribution in [-0.2, 0) is 12.8 Å². The van der Waals surface area contributed by atoms with Crippen molar-refractivity contribution in [2.24, 2.45) is 5.92 Å². The fourth-order valence-corrected chi connectivity index (χ4v) is 3.46. The van der Waals surface area contributed by atoms with Gasteiger partial charge in [-0.2, -0.15) is 5.10 Å². The van der Waals surface area contributed by atoms with Gasteiger partial charge in [0.1, 0.15) is 5.82 Å². The van der Waals surface area contributed by atoms with Gasteiger partial charge in [-0.3, -0.25) is 0 Å². The largest absolute Gasteiger partial charge is 0.304 e. The summed E-state index contributed by atoms with van der Waals surface area (Å²) in [6.45, 7) is 8.23. The average Bonchev–Trinajstić information content (AvgIpc) is 2.84. The van der Waals surface area contributed by atoms with Crippen LogP contribution in [0.15, 0.2) is 0 Å². The van der Waals surface area contributed by atoms with Gasteiger partial charge >= 0.3 is 0 Å². The quantitative estimate of drug-likeness (QED) is 0.839. The zero-order valence-corrected chi connectivity index (χ0v) is 12.3. The molecule has 4 nitrogen and oxygen atoms in total. The molecule has 0 saturated carbocycles. The van der Waals surface area contributed by atoms with Crippen molar-refractivity contribution >= 4 is 0 Å². The van der Waals surface area contributed by atoms with Crippen LogP contribution in [-0.4, -0.2) is 39.3 Å². The highest BCUT2D eigenvalue weighted by atomic mass is 15.4. The van der Waals surface area contributed by atoms with E-state index < -0.39 is 0 Å². The topological polar surface area (TPSA) is 34.0 Å². The first-order valence-electron chi connectivity index (χ1n) is 7.93. The van der Waals surface area contributed by atoms with Crippen molar-refractivity contribution in [3.63, 3.8) is 0 Å². The third-order valence-electron chi connectivity index (χ3n) is 4.81. The molecule has 3 rings (SSSR count). The Morgan fingerprint density at radius 1 is 1.21 bits per heavy atom. The Bertz CT molecular complexity index is 418. The summed E-state index contributed by atoms with van der Waals surface area (Å²) in [4.78, 5) is 7.32. The van der Waals surface area contributed by atoms with E-state index in [9.17, 15) is 0 Å². The molecule has 2 aliphatic heterocycles. The van der Waals surface area contributed by atoms with Gasteiger partial charge in [0.2, 0.25) is 0 Å². The van der Waals surface area contributed by atoms with Crippen molar-refractivity contribution in [2.75, 3.05) is 19.6 Å². The molecule has 1 atom stereocenters. The van der Waals surface area contributed by atoms with Crippen molar-refractivity contribution in [1.29, 1.82) is 0 Å². The van der Waals surface area contributed by atoms with Crippen molar-refractivity contribution in [3.8, 4) is 0 Å². The molecular formula is C15H26N4. The fourth-order valence-electron chi connectivity index (χ4n) is 3.46. The van der Waals surface area contributed by atoms with Crippen LogP contribution in [0.1, 0.15) is 57.2 Å². The summed E-state index contributed by atoms with van der Waals surface area (Å²) in [5.41, 5.74) is 0. The SMILES string of the molecule is CCN1CCC(Cc2nc3n(n2)C(C)CCC3)CC1. The Labute approximate surface area is 116 Å². The highest BCUT2D eigenvalue weighted by Gasteiger charge is 2.23. The van der Waals surface area contributed by atoms with E-state index in [-0.39, 0.29) is 0 Å². The number of hydrogen-bond acceptors (Lipinski definition) is 3. The maximum absolute atomic E-state index is 4.77. The third kappa shape index (κ3) is 2.83. The van der Waals surface area contributed by atoms with Crippen molar-refractivity contribution in [2.45, 2.75) is 58.4 Å². The molecule has 1 aromatic rings. The van der Waals surface area contributed by atoms with Crippen LogP contribution >= 0.6 is 0 Å². The van der Waals surface area contributed by atoms with E-state index in [4.69, 9.17) is 10.1 Å². The summed E-state index contributed by atoms with van der Waals surface area (Å²) in [5.74, 6) is 3.11. The maximum atomic E-state index is 4.77. The predicted molar refractivity (Wildman–Crippen MR) is 76.2 cm³/mol. The standard InChI is InChI=1S/C15H26N4/c1-3-18-9-7-13(8-10-18)11-14-16-15-6-4-5-12(2)19(15)17-14/h12-13H,3-11H2,1-2H3. The summed E-state index contributed by atoms with van der Waals surface area (Å²) in [6.07, 6.45) is 7.36. The van der Waals surface area contributed by atoms with E-state index in [1.165, 1.54) is 51.1 Å². The van der Waals surface area contributed by atoms with E-state index in [1.807, 2.05) is 0 Å². The number of nitrogens with zero attached hydrogens (tertiary/aromatic N) is 4. The monoisotopic (exact) mass is 262 g/mol. The molecule has 1 unspecified atom stereocenters. The van der Waals surface area contributed by atoms with Gasteiger partial charge in [0.25, 0.3) is 0 Å². The fraction of sp³-hybridized carbons (Fsp3) is 0.867. The minimum absolute atomic E-state index is 0.548. The Kier molecular flexibility index (Phi) is 3.87. The van der Waals surface area contributed by atoms with Gasteiger partial charge in [-0.1, -0.05) is 6.92 Å². The lowest BCUT2D eigenvalue weighted by Gasteiger charge is -2.30. The van der Waals surface area contributed by atoms with Gasteiger partial charge in [0, 0.05) is 12.8 Å². The Morgan fingerprint density at radius 2 is 2.00 bits per heavy atom. The van der Waals surface area contributed by atoms with Gasteiger partial charge in [-0.25, -0.2) is 9.67 Å². The minimum atomic E-state index is 0.548. The van der Waals surface area contributed by atoms with Gasteiger partial charge in [-0.05, 0) is 58.2 Å². The molecule has 3 heterocycles. The van der Waals surface area contributed by atoms with Crippen molar-refractivity contribution in [1.82, 2.24) is 19.7 Å². The van der Waals surface area contributed by atoms with Crippen LogP contribution in [0.4, 0.5) is 0 Å². The molecular weight excluding hydrogens is 236 g/mol. The molecule has 2 aliphatic rings. The summed E-state index contributed by atoms with van der Waals surface area (Å²) in [5, 5.41) is 4.76. The number of aryl methyl sites for hydroxylation is 1. The first kappa shape index (κ1) is 13.1. The molecule has 0 amide bonds. The Hall–Kier alpha value is -0.900. The molecule has 4 heteroatoms. The number of aromatic nitrogens is 3. The first-order valence-corrected chi connectivity index (χ1v) is 7.93. The minimum Gasteiger partial charge on any atom is -0.304 e. The molecule has 0 radical (unpaired) electrons. The zero-order chi connectivity index (χ0) is 13.2. The first-order chi connectivity index (χ1) is 9.26. The summed E-state index contributed by atoms with van der Waals surface area (Å²) in [7, 11) is 0. The lowest BCUT2D eigenvalue weighted by atomic mass is 9.93. The van der Waals surface area contributed by atoms with Gasteiger partial charge < -0.3 is 4.90 Å². The van der Waals surface area contributed by atoms with Crippen molar-refractivity contribution in [3.05, 3.63) is 11.6 Å². The lowest BCUT2D eigenvalue weighted by Crippen LogP contribution is -2.34. The van der Waals surface area contributed by atoms with Gasteiger partial charge in [0.15, 0.2) is 5.82 Å². The molecule has 0 spiro atoms. The van der Waals surface area contributed by atoms with E-state index in [0.717, 1.165) is 24.6 Å². The average molecular weight is 262 g/mol. The summed E-state index contributed by atoms with van der Waals surface area (Å²) in [6, 6.07) is 0.548. The van der Waals surface area contributed by atoms with E-state index in [2.05, 4.69) is 23.4 Å². The van der Waals surface area contributed by atoms with Crippen LogP contribution in [0.25, 0.3) is 0 Å². The van der Waals surface area contributed by atoms with Crippen LogP contribution in [0.2, 0.25) is 0 Å². The van der Waals surface area contributed by atoms with Gasteiger partial charge in [-0.15, -0.1) is 0 Å². The van der Waals surface area contributed by atoms with Crippen LogP contribution in [0.5, 0.6) is 0 Å². The van der Waals surface area contributed by atoms with E-state index in [0.29, 0.717) is 6.04 Å². The maximum Gasteiger partial charge on any atom is 0.151 e. The molecule has 19 heavy (non-hydrogen) atoms. The second kappa shape index (κ2) is 5.61. The zero-order valence-electron chi connectivity index (χ0n) is 12.3. The van der Waals surface area contributed by atoms with E-state index in [1.54, 1.807) is 0 Å². The normalized spacial score (nSPS) is 25.5. The van der Waals surface area contributed by atoms with E-state index >= 15 is 0 Å². The molecule has 0 aliphatic carbocycles. The highest BCUT2D eigenvalue weighted by molar-refractivity contribution is 4.99. The Morgan fingerprint density at radius 3 is 2.68 bits per heavy atom. The number of hydrogen-bond donors (Lipinski definition) is 0. The number of piperidine rings is 1. The van der Waals surface area contributed by atoms with Crippen LogP contribution < -0.4 is 0 Å². The van der Waals surface area contributed by atoms with Gasteiger partial charge in [0.05, 0.1) is 6.04 Å². The number of likely N-dealkylation sites (tertiary alicyclic amines) is 1. The second-order valence-electron chi connectivity index (χ2n) is 6.21. The second-order valence-corrected chi connectivity index (χ2v) is 6.21. The highest BCUT2D eigenvalue weighted by Crippen LogP contribution is 2.25. The smallest absolute Gasteiger partial charge is 0.151 e. The lowest BCUT2D eigenvalue weighted by molar-refractivity contribution is 0.191. The molecule has 0 bridgehead atoms. The molecule has 1 fully saturated rings. The molecule has 1 aromatic heterocycles. The Balaban J connectivity index is 1.61. The third-order valence-corrected chi connectivity index (χ3v) is 4.81. The summed E-state index contributed by atoms with van der Waals surface area (Å²) < 4.78 is 2.18. The number of rotatable bonds is 3. The van der Waals surface area contributed by atoms with Crippen molar-refractivity contribution < 1.29 is 0 Å². The van der Waals surface area contributed by atoms with Crippen LogP contribution in [0.3, 0.4) is 0 Å². The molecule has 0 N–H and O–H groups in total. The summed E-state index contributed by atoms with van der Waals surface area (Å²) >= 11 is 0. The number of fused-ring (bicyclic) bond motifs is 1. The molecule has 106 valence electrons. The molecule has 0 aromatic carbocycles.